The van der Waals surface area contributed by atoms with Crippen LogP contribution in [0.25, 0.3) is 0 Å². The Bertz CT molecular complexity index is 1460. The van der Waals surface area contributed by atoms with Crippen LogP contribution in [0, 0.1) is 0 Å². The number of carboxylic acids is 2. The maximum atomic E-state index is 13.1. The highest BCUT2D eigenvalue weighted by Crippen LogP contribution is 2.44. The number of pyridine rings is 1. The molecule has 0 aliphatic carbocycles. The fraction of sp³-hybridized carbons (Fsp3) is 0.318. The van der Waals surface area contributed by atoms with Gasteiger partial charge in [-0.2, -0.15) is 0 Å². The number of aliphatic carboxylic acids is 2. The van der Waals surface area contributed by atoms with Gasteiger partial charge in [0.25, 0.3) is 17.6 Å². The van der Waals surface area contributed by atoms with Crippen LogP contribution >= 0.6 is 46.6 Å². The van der Waals surface area contributed by atoms with Crippen molar-refractivity contribution in [2.75, 3.05) is 29.2 Å². The third-order valence-corrected chi connectivity index (χ3v) is 10.5. The Kier molecular flexibility index (Phi) is 8.11. The number of fused-ring (bicyclic) bond motifs is 2. The van der Waals surface area contributed by atoms with Crippen LogP contribution in [0.2, 0.25) is 0 Å². The summed E-state index contributed by atoms with van der Waals surface area (Å²) in [6, 6.07) is 2.90. The molecule has 2 unspecified atom stereocenters. The highest BCUT2D eigenvalue weighted by atomic mass is 32.2. The summed E-state index contributed by atoms with van der Waals surface area (Å²) in [4.78, 5) is 59.9. The zero-order valence-electron chi connectivity index (χ0n) is 20.6. The standard InChI is InChI=1S/C22H21N7O7S4/c1-28-4-2-3-11-16(28)26-22(40-11)39-7-9-6-37-19-14(18(33)29(19)15(9)20(34)35)25-17(32)13(27-36-5-12(30)31)10-8-38-21(23)24-10/h2-4,8,14,19,22H,5-7H2,1H3,(H5,23,24,25,30,31,32,34,35)/b27-13-/t14?,19-,22?/m1/s1. The van der Waals surface area contributed by atoms with Crippen LogP contribution in [0.4, 0.5) is 10.9 Å². The van der Waals surface area contributed by atoms with Crippen LogP contribution in [-0.4, -0.2) is 78.7 Å². The SMILES string of the molecule is C[n+]1cccc2c1NC(SCC1=C(C(=O)[O-])N3C(=O)C(NC(=O)/C(=N\OCC(=O)O)c4csc(N)n4)[C@H]3SC1)S2. The van der Waals surface area contributed by atoms with Gasteiger partial charge in [-0.15, -0.1) is 23.1 Å². The van der Waals surface area contributed by atoms with Crippen LogP contribution in [0.5, 0.6) is 0 Å². The molecule has 2 amide bonds. The average molecular weight is 624 g/mol. The highest BCUT2D eigenvalue weighted by Gasteiger charge is 2.53. The second-order valence-corrected chi connectivity index (χ2v) is 13.0. The predicted octanol–water partition coefficient (Wildman–Crippen LogP) is -1.01. The Morgan fingerprint density at radius 2 is 2.25 bits per heavy atom. The number of β-lactam (4-membered cyclic amide) rings is 1. The van der Waals surface area contributed by atoms with Crippen LogP contribution in [0.15, 0.2) is 45.0 Å². The second-order valence-electron chi connectivity index (χ2n) is 8.52. The Labute approximate surface area is 243 Å². The van der Waals surface area contributed by atoms with Gasteiger partial charge in [0, 0.05) is 16.9 Å². The predicted molar refractivity (Wildman–Crippen MR) is 147 cm³/mol. The van der Waals surface area contributed by atoms with Crippen LogP contribution < -0.4 is 26.0 Å². The lowest BCUT2D eigenvalue weighted by Crippen LogP contribution is -2.71. The van der Waals surface area contributed by atoms with E-state index < -0.39 is 41.8 Å². The first-order valence-corrected chi connectivity index (χ1v) is 15.3. The number of nitrogens with zero attached hydrogens (tertiary/aromatic N) is 4. The van der Waals surface area contributed by atoms with Gasteiger partial charge in [-0.3, -0.25) is 19.8 Å². The molecule has 0 bridgehead atoms. The number of hydrogen-bond acceptors (Lipinski definition) is 14. The molecule has 1 saturated heterocycles. The molecule has 0 aromatic carbocycles. The summed E-state index contributed by atoms with van der Waals surface area (Å²) < 4.78 is 1.93. The van der Waals surface area contributed by atoms with E-state index in [4.69, 9.17) is 15.7 Å². The minimum atomic E-state index is -1.47. The number of aromatic nitrogens is 2. The molecule has 2 aromatic rings. The number of carboxylic acid groups (broad SMARTS) is 2. The number of carbonyl (C=O) groups excluding carboxylic acids is 3. The normalized spacial score (nSPS) is 21.7. The largest absolute Gasteiger partial charge is 0.543 e. The molecule has 18 heteroatoms. The van der Waals surface area contributed by atoms with Crippen molar-refractivity contribution in [3.05, 3.63) is 40.7 Å². The van der Waals surface area contributed by atoms with Gasteiger partial charge in [0.1, 0.15) is 22.0 Å². The molecule has 0 spiro atoms. The van der Waals surface area contributed by atoms with Crippen molar-refractivity contribution in [2.24, 2.45) is 12.2 Å². The van der Waals surface area contributed by atoms with E-state index in [2.05, 4.69) is 20.8 Å². The minimum Gasteiger partial charge on any atom is -0.543 e. The van der Waals surface area contributed by atoms with Crippen molar-refractivity contribution >= 4 is 87.0 Å². The number of nitrogens with one attached hydrogen (secondary N) is 2. The molecule has 40 heavy (non-hydrogen) atoms. The fourth-order valence-electron chi connectivity index (χ4n) is 4.11. The number of anilines is 2. The number of oxime groups is 1. The summed E-state index contributed by atoms with van der Waals surface area (Å²) in [6.45, 7) is -0.801. The van der Waals surface area contributed by atoms with Gasteiger partial charge in [-0.1, -0.05) is 28.7 Å². The first kappa shape index (κ1) is 28.1. The number of thiazole rings is 1. The summed E-state index contributed by atoms with van der Waals surface area (Å²) in [7, 11) is 1.93. The van der Waals surface area contributed by atoms with Crippen LogP contribution in [-0.2, 0) is 31.1 Å². The molecule has 1 fully saturated rings. The van der Waals surface area contributed by atoms with Gasteiger partial charge in [0.15, 0.2) is 15.5 Å². The smallest absolute Gasteiger partial charge is 0.344 e. The van der Waals surface area contributed by atoms with Gasteiger partial charge in [-0.05, 0) is 17.7 Å². The van der Waals surface area contributed by atoms with E-state index in [1.54, 1.807) is 11.8 Å². The number of nitrogens with two attached hydrogens (primary N) is 1. The first-order valence-electron chi connectivity index (χ1n) is 11.5. The minimum absolute atomic E-state index is 0.0362. The van der Waals surface area contributed by atoms with E-state index >= 15 is 0 Å². The molecule has 5 N–H and O–H groups in total. The maximum Gasteiger partial charge on any atom is 0.344 e. The first-order chi connectivity index (χ1) is 19.1. The molecule has 0 radical (unpaired) electrons. The molecule has 3 atom stereocenters. The van der Waals surface area contributed by atoms with Crippen molar-refractivity contribution in [2.45, 2.75) is 21.0 Å². The Hall–Kier alpha value is -3.48. The van der Waals surface area contributed by atoms with Crippen molar-refractivity contribution < 1.29 is 38.8 Å². The number of thioether (sulfide) groups is 3. The molecule has 0 saturated carbocycles. The lowest BCUT2D eigenvalue weighted by atomic mass is 10.0. The highest BCUT2D eigenvalue weighted by molar-refractivity contribution is 8.17. The molecule has 14 nitrogen and oxygen atoms in total. The van der Waals surface area contributed by atoms with Crippen molar-refractivity contribution in [3.8, 4) is 0 Å². The van der Waals surface area contributed by atoms with Gasteiger partial charge in [0.05, 0.1) is 24.9 Å². The molecular weight excluding hydrogens is 603 g/mol. The molecular formula is C22H21N7O7S4. The van der Waals surface area contributed by atoms with Gasteiger partial charge in [0.2, 0.25) is 6.61 Å². The summed E-state index contributed by atoms with van der Waals surface area (Å²) in [6.07, 6.45) is 1.93. The fourth-order valence-corrected chi connectivity index (χ4v) is 8.58. The number of aryl methyl sites for hydroxylation is 1. The maximum absolute atomic E-state index is 13.1. The summed E-state index contributed by atoms with van der Waals surface area (Å²) in [5.41, 5.74) is 5.66. The number of amides is 2. The molecule has 3 aliphatic heterocycles. The zero-order chi connectivity index (χ0) is 28.6. The van der Waals surface area contributed by atoms with Crippen molar-refractivity contribution in [1.82, 2.24) is 15.2 Å². The molecule has 3 aliphatic rings. The Balaban J connectivity index is 1.27. The van der Waals surface area contributed by atoms with Gasteiger partial charge in [-0.25, -0.2) is 14.3 Å². The van der Waals surface area contributed by atoms with E-state index in [0.717, 1.165) is 27.0 Å². The molecule has 5 rings (SSSR count). The van der Waals surface area contributed by atoms with E-state index in [-0.39, 0.29) is 26.9 Å². The van der Waals surface area contributed by atoms with Crippen LogP contribution in [0.3, 0.4) is 0 Å². The number of hydrogen-bond donors (Lipinski definition) is 4. The van der Waals surface area contributed by atoms with Crippen molar-refractivity contribution in [1.29, 1.82) is 0 Å². The van der Waals surface area contributed by atoms with Gasteiger partial charge >= 0.3 is 5.97 Å². The van der Waals surface area contributed by atoms with E-state index in [1.807, 2.05) is 29.9 Å². The third kappa shape index (κ3) is 5.56. The average Bonchev–Trinajstić information content (AvgIpc) is 3.54. The Morgan fingerprint density at radius 3 is 2.92 bits per heavy atom. The lowest BCUT2D eigenvalue weighted by molar-refractivity contribution is -0.658. The lowest BCUT2D eigenvalue weighted by Gasteiger charge is -2.50. The quantitative estimate of drug-likeness (QED) is 0.109. The summed E-state index contributed by atoms with van der Waals surface area (Å²) >= 11 is 5.48. The van der Waals surface area contributed by atoms with Crippen LogP contribution in [0.1, 0.15) is 5.69 Å². The van der Waals surface area contributed by atoms with Crippen molar-refractivity contribution in [3.63, 3.8) is 0 Å². The van der Waals surface area contributed by atoms with E-state index in [0.29, 0.717) is 17.1 Å². The Morgan fingerprint density at radius 1 is 1.45 bits per heavy atom. The zero-order valence-corrected chi connectivity index (χ0v) is 23.8. The topological polar surface area (TPSA) is 203 Å². The van der Waals surface area contributed by atoms with E-state index in [1.165, 1.54) is 28.9 Å². The molecule has 5 heterocycles. The number of rotatable bonds is 10. The number of carbonyl (C=O) groups is 4. The monoisotopic (exact) mass is 623 g/mol. The third-order valence-electron chi connectivity index (χ3n) is 5.89. The van der Waals surface area contributed by atoms with Gasteiger partial charge < -0.3 is 30.9 Å². The molecule has 2 aromatic heterocycles. The second kappa shape index (κ2) is 11.6. The number of nitrogen functional groups attached to an aromatic ring is 1. The van der Waals surface area contributed by atoms with E-state index in [9.17, 15) is 24.3 Å². The summed E-state index contributed by atoms with van der Waals surface area (Å²) in [5, 5.41) is 31.3. The molecule has 210 valence electrons. The summed E-state index contributed by atoms with van der Waals surface area (Å²) in [5.74, 6) is -2.60.